The van der Waals surface area contributed by atoms with Crippen LogP contribution in [0, 0.1) is 0 Å². The molecule has 0 aromatic heterocycles. The number of ether oxygens (including phenoxy) is 2. The van der Waals surface area contributed by atoms with Gasteiger partial charge in [-0.05, 0) is 60.7 Å². The molecule has 3 rings (SSSR count). The molecule has 2 aromatic rings. The zero-order chi connectivity index (χ0) is 19.4. The van der Waals surface area contributed by atoms with Gasteiger partial charge in [0.1, 0.15) is 11.5 Å². The summed E-state index contributed by atoms with van der Waals surface area (Å²) >= 11 is 0. The van der Waals surface area contributed by atoms with Gasteiger partial charge in [0.05, 0.1) is 6.10 Å². The second-order valence-electron chi connectivity index (χ2n) is 6.14. The van der Waals surface area contributed by atoms with Crippen molar-refractivity contribution >= 4 is 11.6 Å². The summed E-state index contributed by atoms with van der Waals surface area (Å²) in [5, 5.41) is 12.6. The van der Waals surface area contributed by atoms with Crippen LogP contribution in [-0.2, 0) is 11.2 Å². The van der Waals surface area contributed by atoms with Crippen molar-refractivity contribution in [1.82, 2.24) is 0 Å². The number of nitrogens with one attached hydrogen (secondary N) is 1. The maximum atomic E-state index is 12.1. The van der Waals surface area contributed by atoms with Gasteiger partial charge >= 0.3 is 6.36 Å². The zero-order valence-electron chi connectivity index (χ0n) is 14.3. The van der Waals surface area contributed by atoms with E-state index in [1.807, 2.05) is 6.07 Å². The van der Waals surface area contributed by atoms with Crippen molar-refractivity contribution in [3.8, 4) is 11.5 Å². The number of rotatable bonds is 5. The first-order valence-corrected chi connectivity index (χ1v) is 8.40. The standard InChI is InChI=1S/C19H18F3NO4/c20-19(21,22)27-13-9-7-12(8-10-13)23-18(25)11-26-17-6-2-3-14-15(17)4-1-5-16(14)24/h2-3,6-10,16,24H,1,4-5,11H2,(H,23,25). The average Bonchev–Trinajstić information content (AvgIpc) is 2.61. The number of amides is 1. The molecule has 0 radical (unpaired) electrons. The summed E-state index contributed by atoms with van der Waals surface area (Å²) in [7, 11) is 0. The number of fused-ring (bicyclic) bond motifs is 1. The Morgan fingerprint density at radius 2 is 1.93 bits per heavy atom. The lowest BCUT2D eigenvalue weighted by molar-refractivity contribution is -0.274. The number of aliphatic hydroxyl groups excluding tert-OH is 1. The molecule has 0 heterocycles. The second-order valence-corrected chi connectivity index (χ2v) is 6.14. The first-order chi connectivity index (χ1) is 12.8. The Balaban J connectivity index is 1.57. The summed E-state index contributed by atoms with van der Waals surface area (Å²) in [6, 6.07) is 10.2. The summed E-state index contributed by atoms with van der Waals surface area (Å²) in [6.45, 7) is -0.257. The van der Waals surface area contributed by atoms with Gasteiger partial charge in [0.25, 0.3) is 5.91 Å². The van der Waals surface area contributed by atoms with Crippen LogP contribution in [0.25, 0.3) is 0 Å². The molecular formula is C19H18F3NO4. The Hall–Kier alpha value is -2.74. The molecule has 2 aromatic carbocycles. The average molecular weight is 381 g/mol. The number of hydrogen-bond acceptors (Lipinski definition) is 4. The van der Waals surface area contributed by atoms with Crippen molar-refractivity contribution in [3.63, 3.8) is 0 Å². The highest BCUT2D eigenvalue weighted by Gasteiger charge is 2.31. The molecule has 0 spiro atoms. The lowest BCUT2D eigenvalue weighted by Gasteiger charge is -2.23. The van der Waals surface area contributed by atoms with Crippen LogP contribution < -0.4 is 14.8 Å². The number of hydrogen-bond donors (Lipinski definition) is 2. The predicted molar refractivity (Wildman–Crippen MR) is 91.6 cm³/mol. The normalized spacial score (nSPS) is 16.4. The van der Waals surface area contributed by atoms with Crippen molar-refractivity contribution in [2.75, 3.05) is 11.9 Å². The Morgan fingerprint density at radius 3 is 2.63 bits per heavy atom. The number of halogens is 3. The van der Waals surface area contributed by atoms with E-state index in [4.69, 9.17) is 4.74 Å². The molecule has 0 saturated carbocycles. The molecular weight excluding hydrogens is 363 g/mol. The van der Waals surface area contributed by atoms with Gasteiger partial charge < -0.3 is 19.9 Å². The van der Waals surface area contributed by atoms with Crippen molar-refractivity contribution in [1.29, 1.82) is 0 Å². The lowest BCUT2D eigenvalue weighted by Crippen LogP contribution is -2.21. The highest BCUT2D eigenvalue weighted by Crippen LogP contribution is 2.35. The van der Waals surface area contributed by atoms with E-state index in [2.05, 4.69) is 10.1 Å². The molecule has 0 fully saturated rings. The smallest absolute Gasteiger partial charge is 0.483 e. The Labute approximate surface area is 153 Å². The molecule has 1 atom stereocenters. The van der Waals surface area contributed by atoms with E-state index in [9.17, 15) is 23.1 Å². The predicted octanol–water partition coefficient (Wildman–Crippen LogP) is 3.97. The number of carbonyl (C=O) groups excluding carboxylic acids is 1. The van der Waals surface area contributed by atoms with Crippen LogP contribution in [0.4, 0.5) is 18.9 Å². The van der Waals surface area contributed by atoms with Crippen LogP contribution >= 0.6 is 0 Å². The number of benzene rings is 2. The van der Waals surface area contributed by atoms with Gasteiger partial charge in [-0.1, -0.05) is 12.1 Å². The molecule has 1 unspecified atom stereocenters. The minimum absolute atomic E-state index is 0.257. The topological polar surface area (TPSA) is 67.8 Å². The molecule has 5 nitrogen and oxygen atoms in total. The van der Waals surface area contributed by atoms with Crippen molar-refractivity contribution in [3.05, 3.63) is 53.6 Å². The molecule has 0 bridgehead atoms. The van der Waals surface area contributed by atoms with E-state index in [0.717, 1.165) is 36.1 Å². The summed E-state index contributed by atoms with van der Waals surface area (Å²) in [5.41, 5.74) is 2.04. The van der Waals surface area contributed by atoms with Crippen LogP contribution in [-0.4, -0.2) is 24.0 Å². The molecule has 1 aliphatic rings. The maximum Gasteiger partial charge on any atom is 0.573 e. The first-order valence-electron chi connectivity index (χ1n) is 8.40. The van der Waals surface area contributed by atoms with E-state index in [-0.39, 0.29) is 12.4 Å². The third kappa shape index (κ3) is 5.13. The van der Waals surface area contributed by atoms with Crippen LogP contribution in [0.2, 0.25) is 0 Å². The number of carbonyl (C=O) groups is 1. The SMILES string of the molecule is O=C(COc1cccc2c1CCCC2O)Nc1ccc(OC(F)(F)F)cc1. The van der Waals surface area contributed by atoms with Gasteiger partial charge in [-0.2, -0.15) is 0 Å². The molecule has 2 N–H and O–H groups in total. The van der Waals surface area contributed by atoms with Gasteiger partial charge in [0, 0.05) is 5.69 Å². The molecule has 144 valence electrons. The minimum atomic E-state index is -4.76. The highest BCUT2D eigenvalue weighted by atomic mass is 19.4. The lowest BCUT2D eigenvalue weighted by atomic mass is 9.89. The largest absolute Gasteiger partial charge is 0.573 e. The molecule has 0 saturated heterocycles. The van der Waals surface area contributed by atoms with Gasteiger partial charge in [0.15, 0.2) is 6.61 Å². The fraction of sp³-hybridized carbons (Fsp3) is 0.316. The Bertz CT molecular complexity index is 806. The fourth-order valence-electron chi connectivity index (χ4n) is 3.01. The van der Waals surface area contributed by atoms with Gasteiger partial charge in [0.2, 0.25) is 0 Å². The molecule has 0 aliphatic heterocycles. The molecule has 27 heavy (non-hydrogen) atoms. The Kier molecular flexibility index (Phi) is 5.55. The molecule has 1 aliphatic carbocycles. The number of anilines is 1. The summed E-state index contributed by atoms with van der Waals surface area (Å²) in [6.07, 6.45) is -2.98. The highest BCUT2D eigenvalue weighted by molar-refractivity contribution is 5.91. The van der Waals surface area contributed by atoms with E-state index in [0.29, 0.717) is 17.9 Å². The van der Waals surface area contributed by atoms with Gasteiger partial charge in [-0.3, -0.25) is 4.79 Å². The van der Waals surface area contributed by atoms with E-state index in [1.165, 1.54) is 12.1 Å². The number of aliphatic hydroxyl groups is 1. The summed E-state index contributed by atoms with van der Waals surface area (Å²) in [5.74, 6) is -0.269. The van der Waals surface area contributed by atoms with Gasteiger partial charge in [-0.15, -0.1) is 13.2 Å². The third-order valence-electron chi connectivity index (χ3n) is 4.16. The van der Waals surface area contributed by atoms with E-state index >= 15 is 0 Å². The quantitative estimate of drug-likeness (QED) is 0.822. The van der Waals surface area contributed by atoms with E-state index < -0.39 is 18.4 Å². The number of alkyl halides is 3. The Morgan fingerprint density at radius 1 is 1.19 bits per heavy atom. The zero-order valence-corrected chi connectivity index (χ0v) is 14.3. The van der Waals surface area contributed by atoms with Gasteiger partial charge in [-0.25, -0.2) is 0 Å². The van der Waals surface area contributed by atoms with Crippen LogP contribution in [0.1, 0.15) is 30.1 Å². The molecule has 8 heteroatoms. The summed E-state index contributed by atoms with van der Waals surface area (Å²) < 4.78 is 45.8. The van der Waals surface area contributed by atoms with Crippen molar-refractivity contribution in [2.45, 2.75) is 31.7 Å². The first kappa shape index (κ1) is 19.0. The second kappa shape index (κ2) is 7.87. The van der Waals surface area contributed by atoms with Crippen LogP contribution in [0.3, 0.4) is 0 Å². The fourth-order valence-corrected chi connectivity index (χ4v) is 3.01. The van der Waals surface area contributed by atoms with E-state index in [1.54, 1.807) is 12.1 Å². The monoisotopic (exact) mass is 381 g/mol. The minimum Gasteiger partial charge on any atom is -0.483 e. The van der Waals surface area contributed by atoms with Crippen molar-refractivity contribution < 1.29 is 32.5 Å². The maximum absolute atomic E-state index is 12.1. The van der Waals surface area contributed by atoms with Crippen LogP contribution in [0.15, 0.2) is 42.5 Å². The molecule has 1 amide bonds. The summed E-state index contributed by atoms with van der Waals surface area (Å²) in [4.78, 5) is 12.0. The van der Waals surface area contributed by atoms with Crippen LogP contribution in [0.5, 0.6) is 11.5 Å². The van der Waals surface area contributed by atoms with Crippen molar-refractivity contribution in [2.24, 2.45) is 0 Å². The third-order valence-corrected chi connectivity index (χ3v) is 4.16.